The number of halogens is 2. The molecule has 0 radical (unpaired) electrons. The van der Waals surface area contributed by atoms with E-state index in [1.807, 2.05) is 0 Å². The third-order valence-electron chi connectivity index (χ3n) is 8.66. The molecule has 3 nitrogen and oxygen atoms in total. The minimum Gasteiger partial charge on any atom is -0.490 e. The fourth-order valence-electron chi connectivity index (χ4n) is 6.18. The summed E-state index contributed by atoms with van der Waals surface area (Å²) in [5.41, 5.74) is 0. The van der Waals surface area contributed by atoms with Gasteiger partial charge < -0.3 is 9.47 Å². The molecule has 0 bridgehead atoms. The lowest BCUT2D eigenvalue weighted by atomic mass is 9.69. The van der Waals surface area contributed by atoms with Crippen molar-refractivity contribution in [3.05, 3.63) is 23.8 Å². The third-order valence-corrected chi connectivity index (χ3v) is 8.66. The van der Waals surface area contributed by atoms with Crippen LogP contribution in [0, 0.1) is 47.1 Å². The number of hydrogen-bond donors (Lipinski definition) is 0. The quantitative estimate of drug-likeness (QED) is 0.321. The minimum absolute atomic E-state index is 0.103. The van der Waals surface area contributed by atoms with Crippen LogP contribution in [0.5, 0.6) is 11.5 Å². The molecule has 3 fully saturated rings. The number of esters is 1. The Labute approximate surface area is 197 Å². The molecule has 3 saturated carbocycles. The molecular formula is C28H40F2O3. The Balaban J connectivity index is 1.26. The van der Waals surface area contributed by atoms with E-state index in [0.29, 0.717) is 18.4 Å². The van der Waals surface area contributed by atoms with Gasteiger partial charge in [0.15, 0.2) is 11.5 Å². The summed E-state index contributed by atoms with van der Waals surface area (Å²) < 4.78 is 40.1. The van der Waals surface area contributed by atoms with Gasteiger partial charge in [0, 0.05) is 0 Å². The monoisotopic (exact) mass is 462 g/mol. The zero-order chi connectivity index (χ0) is 23.4. The van der Waals surface area contributed by atoms with Crippen molar-refractivity contribution in [1.82, 2.24) is 0 Å². The highest BCUT2D eigenvalue weighted by Gasteiger charge is 2.33. The van der Waals surface area contributed by atoms with Crippen molar-refractivity contribution in [3.8, 4) is 11.5 Å². The lowest BCUT2D eigenvalue weighted by Gasteiger charge is -2.36. The predicted octanol–water partition coefficient (Wildman–Crippen LogP) is 7.71. The van der Waals surface area contributed by atoms with Crippen LogP contribution in [0.15, 0.2) is 12.1 Å². The molecule has 33 heavy (non-hydrogen) atoms. The van der Waals surface area contributed by atoms with E-state index in [9.17, 15) is 13.6 Å². The summed E-state index contributed by atoms with van der Waals surface area (Å²) in [5, 5.41) is 0. The van der Waals surface area contributed by atoms with Crippen LogP contribution in [0.3, 0.4) is 0 Å². The van der Waals surface area contributed by atoms with E-state index in [1.54, 1.807) is 0 Å². The van der Waals surface area contributed by atoms with Gasteiger partial charge in [-0.3, -0.25) is 4.79 Å². The number of carbonyl (C=O) groups is 1. The topological polar surface area (TPSA) is 35.5 Å². The van der Waals surface area contributed by atoms with Gasteiger partial charge in [-0.1, -0.05) is 39.5 Å². The van der Waals surface area contributed by atoms with E-state index >= 15 is 0 Å². The molecule has 184 valence electrons. The van der Waals surface area contributed by atoms with E-state index in [-0.39, 0.29) is 17.4 Å². The maximum Gasteiger partial charge on any atom is 0.314 e. The van der Waals surface area contributed by atoms with Gasteiger partial charge in [0.2, 0.25) is 11.6 Å². The first kappa shape index (κ1) is 24.5. The second kappa shape index (κ2) is 11.2. The highest BCUT2D eigenvalue weighted by atomic mass is 19.2. The molecule has 0 N–H and O–H groups in total. The number of hydrogen-bond acceptors (Lipinski definition) is 3. The van der Waals surface area contributed by atoms with E-state index in [0.717, 1.165) is 69.1 Å². The van der Waals surface area contributed by atoms with E-state index in [4.69, 9.17) is 9.47 Å². The van der Waals surface area contributed by atoms with Crippen LogP contribution < -0.4 is 9.47 Å². The minimum atomic E-state index is -1.14. The van der Waals surface area contributed by atoms with Crippen molar-refractivity contribution in [3.63, 3.8) is 0 Å². The maximum absolute atomic E-state index is 14.6. The predicted molar refractivity (Wildman–Crippen MR) is 125 cm³/mol. The second-order valence-corrected chi connectivity index (χ2v) is 11.2. The Morgan fingerprint density at radius 2 is 1.24 bits per heavy atom. The summed E-state index contributed by atoms with van der Waals surface area (Å²) in [6.07, 6.45) is 13.3. The van der Waals surface area contributed by atoms with Gasteiger partial charge >= 0.3 is 5.97 Å². The van der Waals surface area contributed by atoms with E-state index in [1.165, 1.54) is 37.8 Å². The van der Waals surface area contributed by atoms with Gasteiger partial charge in [-0.25, -0.2) is 0 Å². The molecule has 0 spiro atoms. The zero-order valence-corrected chi connectivity index (χ0v) is 20.3. The van der Waals surface area contributed by atoms with Gasteiger partial charge in [-0.05, 0) is 93.1 Å². The molecule has 0 atom stereocenters. The Bertz CT molecular complexity index is 787. The van der Waals surface area contributed by atoms with Crippen molar-refractivity contribution < 1.29 is 23.0 Å². The van der Waals surface area contributed by atoms with Crippen LogP contribution in [0.4, 0.5) is 8.78 Å². The first-order valence-electron chi connectivity index (χ1n) is 13.2. The summed E-state index contributed by atoms with van der Waals surface area (Å²) in [7, 11) is 0. The summed E-state index contributed by atoms with van der Waals surface area (Å²) in [4.78, 5) is 12.7. The Morgan fingerprint density at radius 3 is 1.85 bits per heavy atom. The van der Waals surface area contributed by atoms with Crippen molar-refractivity contribution in [2.45, 2.75) is 90.9 Å². The molecular weight excluding hydrogens is 422 g/mol. The van der Waals surface area contributed by atoms with Gasteiger partial charge in [-0.2, -0.15) is 8.78 Å². The zero-order valence-electron chi connectivity index (χ0n) is 20.3. The van der Waals surface area contributed by atoms with Crippen LogP contribution in [0.2, 0.25) is 0 Å². The van der Waals surface area contributed by atoms with Crippen LogP contribution in [-0.2, 0) is 4.79 Å². The summed E-state index contributed by atoms with van der Waals surface area (Å²) >= 11 is 0. The van der Waals surface area contributed by atoms with Crippen LogP contribution in [0.1, 0.15) is 90.9 Å². The number of ether oxygens (including phenoxy) is 2. The van der Waals surface area contributed by atoms with Gasteiger partial charge in [0.05, 0.1) is 12.5 Å². The van der Waals surface area contributed by atoms with E-state index < -0.39 is 17.6 Å². The molecule has 0 unspecified atom stereocenters. The van der Waals surface area contributed by atoms with Crippen molar-refractivity contribution in [2.24, 2.45) is 35.5 Å². The van der Waals surface area contributed by atoms with E-state index in [2.05, 4.69) is 13.8 Å². The third kappa shape index (κ3) is 6.27. The standard InChI is InChI=1S/C28H40F2O3/c1-18-3-7-20(8-4-18)17-32-24-15-16-25(27(30)26(24)29)33-28(31)23-13-11-22(12-14-23)21-9-5-19(2)6-10-21/h15-16,18-23H,3-14,17H2,1-2H3. The lowest BCUT2D eigenvalue weighted by molar-refractivity contribution is -0.140. The Morgan fingerprint density at radius 1 is 0.758 bits per heavy atom. The van der Waals surface area contributed by atoms with Gasteiger partial charge in [0.1, 0.15) is 0 Å². The molecule has 3 aliphatic rings. The van der Waals surface area contributed by atoms with Gasteiger partial charge in [0.25, 0.3) is 0 Å². The molecule has 5 heteroatoms. The molecule has 0 amide bonds. The molecule has 4 rings (SSSR count). The first-order valence-corrected chi connectivity index (χ1v) is 13.2. The summed E-state index contributed by atoms with van der Waals surface area (Å²) in [5.74, 6) is 0.133. The SMILES string of the molecule is CC1CCC(COc2ccc(OC(=O)C3CCC(C4CCC(C)CC4)CC3)c(F)c2F)CC1. The fraction of sp³-hybridized carbons (Fsp3) is 0.750. The Kier molecular flexibility index (Phi) is 8.29. The maximum atomic E-state index is 14.6. The molecule has 0 saturated heterocycles. The number of rotatable bonds is 6. The number of carbonyl (C=O) groups excluding carboxylic acids is 1. The largest absolute Gasteiger partial charge is 0.490 e. The van der Waals surface area contributed by atoms with Crippen LogP contribution in [0.25, 0.3) is 0 Å². The summed E-state index contributed by atoms with van der Waals surface area (Å²) in [6, 6.07) is 2.71. The van der Waals surface area contributed by atoms with Crippen LogP contribution in [-0.4, -0.2) is 12.6 Å². The first-order chi connectivity index (χ1) is 15.9. The summed E-state index contributed by atoms with van der Waals surface area (Å²) in [6.45, 7) is 4.97. The van der Waals surface area contributed by atoms with Crippen LogP contribution >= 0.6 is 0 Å². The number of benzene rings is 1. The average Bonchev–Trinajstić information content (AvgIpc) is 2.83. The molecule has 3 aliphatic carbocycles. The fourth-order valence-corrected chi connectivity index (χ4v) is 6.18. The van der Waals surface area contributed by atoms with Crippen molar-refractivity contribution in [1.29, 1.82) is 0 Å². The molecule has 0 aromatic heterocycles. The molecule has 0 aliphatic heterocycles. The Hall–Kier alpha value is -1.65. The van der Waals surface area contributed by atoms with Crippen molar-refractivity contribution >= 4 is 5.97 Å². The highest BCUT2D eigenvalue weighted by molar-refractivity contribution is 5.75. The molecule has 0 heterocycles. The van der Waals surface area contributed by atoms with Gasteiger partial charge in [-0.15, -0.1) is 0 Å². The average molecular weight is 463 g/mol. The lowest BCUT2D eigenvalue weighted by Crippen LogP contribution is -2.30. The molecule has 1 aromatic rings. The second-order valence-electron chi connectivity index (χ2n) is 11.2. The smallest absolute Gasteiger partial charge is 0.314 e. The van der Waals surface area contributed by atoms with Crippen molar-refractivity contribution in [2.75, 3.05) is 6.61 Å². The molecule has 1 aromatic carbocycles. The normalized spacial score (nSPS) is 32.8. The highest BCUT2D eigenvalue weighted by Crippen LogP contribution is 2.41.